The number of hydrogen-bond donors (Lipinski definition) is 1. The summed E-state index contributed by atoms with van der Waals surface area (Å²) in [6.07, 6.45) is 11.7. The fourth-order valence-corrected chi connectivity index (χ4v) is 3.90. The first kappa shape index (κ1) is 24.0. The largest absolute Gasteiger partial charge is 0.481 e. The Hall–Kier alpha value is -1.06. The van der Waals surface area contributed by atoms with E-state index in [1.807, 2.05) is 0 Å². The summed E-state index contributed by atoms with van der Waals surface area (Å²) < 4.78 is 5.89. The highest BCUT2D eigenvalue weighted by Crippen LogP contribution is 2.30. The third-order valence-electron chi connectivity index (χ3n) is 5.82. The minimum Gasteiger partial charge on any atom is -0.481 e. The number of esters is 1. The Kier molecular flexibility index (Phi) is 11.7. The van der Waals surface area contributed by atoms with Gasteiger partial charge in [0.1, 0.15) is 6.10 Å². The molecule has 1 aliphatic rings. The number of unbranched alkanes of at least 4 members (excludes halogenated alkanes) is 3. The van der Waals surface area contributed by atoms with Gasteiger partial charge < -0.3 is 9.84 Å². The van der Waals surface area contributed by atoms with Gasteiger partial charge in [0.2, 0.25) is 0 Å². The Bertz CT molecular complexity index is 422. The van der Waals surface area contributed by atoms with Crippen LogP contribution >= 0.6 is 0 Å². The van der Waals surface area contributed by atoms with Gasteiger partial charge in [-0.15, -0.1) is 0 Å². The highest BCUT2D eigenvalue weighted by Gasteiger charge is 2.31. The summed E-state index contributed by atoms with van der Waals surface area (Å²) >= 11 is 0. The molecule has 0 spiro atoms. The van der Waals surface area contributed by atoms with E-state index in [-0.39, 0.29) is 23.9 Å². The van der Waals surface area contributed by atoms with Crippen LogP contribution in [0, 0.1) is 23.7 Å². The number of hydrogen-bond acceptors (Lipinski definition) is 3. The van der Waals surface area contributed by atoms with Crippen molar-refractivity contribution in [1.29, 1.82) is 0 Å². The molecule has 27 heavy (non-hydrogen) atoms. The van der Waals surface area contributed by atoms with E-state index in [0.29, 0.717) is 31.6 Å². The molecule has 0 aliphatic heterocycles. The van der Waals surface area contributed by atoms with E-state index in [4.69, 9.17) is 9.84 Å². The maximum atomic E-state index is 12.6. The maximum absolute atomic E-state index is 12.6. The molecule has 0 heterocycles. The molecule has 1 rings (SSSR count). The van der Waals surface area contributed by atoms with E-state index in [2.05, 4.69) is 27.7 Å². The summed E-state index contributed by atoms with van der Waals surface area (Å²) in [4.78, 5) is 23.6. The molecule has 0 bridgehead atoms. The number of carbonyl (C=O) groups is 2. The fraction of sp³-hybridized carbons (Fsp3) is 0.913. The third kappa shape index (κ3) is 10.8. The van der Waals surface area contributed by atoms with Crippen LogP contribution in [0.2, 0.25) is 0 Å². The number of rotatable bonds is 13. The van der Waals surface area contributed by atoms with Crippen molar-refractivity contribution < 1.29 is 19.4 Å². The second kappa shape index (κ2) is 13.2. The lowest BCUT2D eigenvalue weighted by molar-refractivity contribution is -0.158. The number of carboxylic acids is 1. The molecule has 1 atom stereocenters. The molecule has 4 nitrogen and oxygen atoms in total. The van der Waals surface area contributed by atoms with Gasteiger partial charge in [0.05, 0.1) is 11.8 Å². The summed E-state index contributed by atoms with van der Waals surface area (Å²) in [5.74, 6) is 0.190. The molecule has 1 aliphatic carbocycles. The fourth-order valence-electron chi connectivity index (χ4n) is 3.90. The van der Waals surface area contributed by atoms with Gasteiger partial charge >= 0.3 is 11.9 Å². The molecule has 0 saturated heterocycles. The van der Waals surface area contributed by atoms with E-state index >= 15 is 0 Å². The Morgan fingerprint density at radius 2 is 1.30 bits per heavy atom. The number of carbonyl (C=O) groups excluding carboxylic acids is 1. The second-order valence-corrected chi connectivity index (χ2v) is 9.30. The third-order valence-corrected chi connectivity index (χ3v) is 5.82. The predicted molar refractivity (Wildman–Crippen MR) is 110 cm³/mol. The van der Waals surface area contributed by atoms with E-state index < -0.39 is 5.97 Å². The smallest absolute Gasteiger partial charge is 0.309 e. The van der Waals surface area contributed by atoms with Gasteiger partial charge in [0.25, 0.3) is 0 Å². The van der Waals surface area contributed by atoms with Crippen LogP contribution < -0.4 is 0 Å². The molecular weight excluding hydrogens is 340 g/mol. The Morgan fingerprint density at radius 1 is 0.778 bits per heavy atom. The average molecular weight is 383 g/mol. The van der Waals surface area contributed by atoms with Crippen molar-refractivity contribution in [3.8, 4) is 0 Å². The van der Waals surface area contributed by atoms with Crippen LogP contribution in [-0.4, -0.2) is 23.1 Å². The number of ether oxygens (including phenoxy) is 1. The van der Waals surface area contributed by atoms with E-state index in [0.717, 1.165) is 31.6 Å². The topological polar surface area (TPSA) is 63.6 Å². The summed E-state index contributed by atoms with van der Waals surface area (Å²) in [5.41, 5.74) is 0. The van der Waals surface area contributed by atoms with Crippen LogP contribution in [0.5, 0.6) is 0 Å². The molecule has 1 fully saturated rings. The summed E-state index contributed by atoms with van der Waals surface area (Å²) in [7, 11) is 0. The molecule has 1 saturated carbocycles. The molecule has 0 aromatic carbocycles. The highest BCUT2D eigenvalue weighted by atomic mass is 16.5. The normalized spacial score (nSPS) is 21.4. The van der Waals surface area contributed by atoms with E-state index in [1.165, 1.54) is 25.7 Å². The maximum Gasteiger partial charge on any atom is 0.309 e. The summed E-state index contributed by atoms with van der Waals surface area (Å²) in [6, 6.07) is 0. The molecule has 158 valence electrons. The van der Waals surface area contributed by atoms with Crippen LogP contribution in [0.15, 0.2) is 0 Å². The number of carboxylic acid groups (broad SMARTS) is 1. The summed E-state index contributed by atoms with van der Waals surface area (Å²) in [5, 5.41) is 9.10. The standard InChI is InChI=1S/C23H42O4/c1-17(2)9-7-5-6-8-10-21(16-11-18(3)4)27-23(26)20-14-12-19(13-15-20)22(24)25/h17-21H,5-16H2,1-4H3,(H,24,25). The lowest BCUT2D eigenvalue weighted by Gasteiger charge is -2.27. The SMILES string of the molecule is CC(C)CCCCCCC(CCC(C)C)OC(=O)C1CCC(C(=O)O)CC1. The molecule has 4 heteroatoms. The van der Waals surface area contributed by atoms with E-state index in [9.17, 15) is 9.59 Å². The quantitative estimate of drug-likeness (QED) is 0.303. The average Bonchev–Trinajstić information content (AvgIpc) is 2.61. The first-order valence-electron chi connectivity index (χ1n) is 11.2. The van der Waals surface area contributed by atoms with Gasteiger partial charge in [-0.3, -0.25) is 9.59 Å². The van der Waals surface area contributed by atoms with Gasteiger partial charge in [-0.25, -0.2) is 0 Å². The number of aliphatic carboxylic acids is 1. The van der Waals surface area contributed by atoms with Crippen molar-refractivity contribution in [3.63, 3.8) is 0 Å². The van der Waals surface area contributed by atoms with Crippen LogP contribution in [0.1, 0.15) is 105 Å². The first-order valence-corrected chi connectivity index (χ1v) is 11.2. The zero-order valence-corrected chi connectivity index (χ0v) is 18.0. The Labute approximate surface area is 166 Å². The molecule has 0 aromatic rings. The van der Waals surface area contributed by atoms with Crippen LogP contribution in [0.3, 0.4) is 0 Å². The monoisotopic (exact) mass is 382 g/mol. The lowest BCUT2D eigenvalue weighted by atomic mass is 9.82. The van der Waals surface area contributed by atoms with Crippen LogP contribution in [0.4, 0.5) is 0 Å². The van der Waals surface area contributed by atoms with Crippen molar-refractivity contribution in [3.05, 3.63) is 0 Å². The highest BCUT2D eigenvalue weighted by molar-refractivity contribution is 5.74. The van der Waals surface area contributed by atoms with Crippen molar-refractivity contribution in [2.24, 2.45) is 23.7 Å². The van der Waals surface area contributed by atoms with Gasteiger partial charge in [-0.1, -0.05) is 53.4 Å². The van der Waals surface area contributed by atoms with Crippen LogP contribution in [0.25, 0.3) is 0 Å². The minimum absolute atomic E-state index is 0.0298. The predicted octanol–water partition coefficient (Wildman–Crippen LogP) is 6.22. The lowest BCUT2D eigenvalue weighted by Crippen LogP contribution is -2.30. The van der Waals surface area contributed by atoms with E-state index in [1.54, 1.807) is 0 Å². The molecule has 0 radical (unpaired) electrons. The van der Waals surface area contributed by atoms with Crippen molar-refractivity contribution in [2.45, 2.75) is 111 Å². The first-order chi connectivity index (χ1) is 12.8. The molecule has 1 unspecified atom stereocenters. The van der Waals surface area contributed by atoms with Gasteiger partial charge in [-0.2, -0.15) is 0 Å². The second-order valence-electron chi connectivity index (χ2n) is 9.30. The minimum atomic E-state index is -0.728. The van der Waals surface area contributed by atoms with Crippen LogP contribution in [-0.2, 0) is 14.3 Å². The molecular formula is C23H42O4. The van der Waals surface area contributed by atoms with Gasteiger partial charge in [0, 0.05) is 0 Å². The van der Waals surface area contributed by atoms with Gasteiger partial charge in [-0.05, 0) is 63.2 Å². The zero-order valence-electron chi connectivity index (χ0n) is 18.0. The zero-order chi connectivity index (χ0) is 20.2. The Morgan fingerprint density at radius 3 is 1.81 bits per heavy atom. The summed E-state index contributed by atoms with van der Waals surface area (Å²) in [6.45, 7) is 8.95. The van der Waals surface area contributed by atoms with Crippen molar-refractivity contribution in [1.82, 2.24) is 0 Å². The van der Waals surface area contributed by atoms with Gasteiger partial charge in [0.15, 0.2) is 0 Å². The molecule has 1 N–H and O–H groups in total. The molecule has 0 aromatic heterocycles. The Balaban J connectivity index is 2.37. The molecule has 0 amide bonds. The van der Waals surface area contributed by atoms with Crippen molar-refractivity contribution >= 4 is 11.9 Å². The van der Waals surface area contributed by atoms with Crippen molar-refractivity contribution in [2.75, 3.05) is 0 Å².